The second kappa shape index (κ2) is 7.45. The Hall–Kier alpha value is -1.98. The van der Waals surface area contributed by atoms with Gasteiger partial charge in [-0.1, -0.05) is 0 Å². The molecule has 6 heteroatoms. The molecule has 1 atom stereocenters. The Bertz CT molecular complexity index is 399. The van der Waals surface area contributed by atoms with Crippen molar-refractivity contribution in [3.05, 3.63) is 24.2 Å². The summed E-state index contributed by atoms with van der Waals surface area (Å²) in [6, 6.07) is 2.72. The summed E-state index contributed by atoms with van der Waals surface area (Å²) in [5.41, 5.74) is 0. The van der Waals surface area contributed by atoms with Gasteiger partial charge in [0.25, 0.3) is 0 Å². The van der Waals surface area contributed by atoms with Gasteiger partial charge in [0.05, 0.1) is 12.8 Å². The van der Waals surface area contributed by atoms with Crippen LogP contribution in [0.3, 0.4) is 0 Å². The number of carbonyl (C=O) groups is 2. The average Bonchev–Trinajstić information content (AvgIpc) is 2.90. The maximum atomic E-state index is 11.8. The molecule has 1 aromatic rings. The minimum absolute atomic E-state index is 0.231. The first-order valence-electron chi connectivity index (χ1n) is 6.44. The van der Waals surface area contributed by atoms with E-state index in [1.54, 1.807) is 30.2 Å². The molecule has 2 N–H and O–H groups in total. The summed E-state index contributed by atoms with van der Waals surface area (Å²) in [4.78, 5) is 25.2. The number of carbonyl (C=O) groups excluding carboxylic acids is 2. The Kier molecular flexibility index (Phi) is 5.92. The van der Waals surface area contributed by atoms with Gasteiger partial charge in [-0.15, -0.1) is 0 Å². The molecule has 1 heterocycles. The number of furan rings is 1. The Morgan fingerprint density at radius 1 is 1.37 bits per heavy atom. The highest BCUT2D eigenvalue weighted by Gasteiger charge is 2.18. The van der Waals surface area contributed by atoms with Gasteiger partial charge < -0.3 is 20.0 Å². The van der Waals surface area contributed by atoms with Crippen LogP contribution in [0.15, 0.2) is 22.8 Å². The molecule has 0 spiro atoms. The molecule has 0 unspecified atom stereocenters. The molecular formula is C13H21N3O3. The third-order valence-electron chi connectivity index (χ3n) is 2.80. The lowest BCUT2D eigenvalue weighted by molar-refractivity contribution is -0.122. The molecule has 19 heavy (non-hydrogen) atoms. The summed E-state index contributed by atoms with van der Waals surface area (Å²) < 4.78 is 5.11. The quantitative estimate of drug-likeness (QED) is 0.816. The van der Waals surface area contributed by atoms with Gasteiger partial charge in [0.1, 0.15) is 11.8 Å². The van der Waals surface area contributed by atoms with Crippen LogP contribution in [0.1, 0.15) is 26.5 Å². The van der Waals surface area contributed by atoms with Crippen LogP contribution in [0.25, 0.3) is 0 Å². The largest absolute Gasteiger partial charge is 0.467 e. The van der Waals surface area contributed by atoms with E-state index in [2.05, 4.69) is 10.6 Å². The second-order valence-electron chi connectivity index (χ2n) is 4.14. The fraction of sp³-hybridized carbons (Fsp3) is 0.538. The lowest BCUT2D eigenvalue weighted by atomic mass is 10.3. The minimum atomic E-state index is -0.580. The molecule has 0 aromatic carbocycles. The Balaban J connectivity index is 2.37. The van der Waals surface area contributed by atoms with Crippen LogP contribution in [0.4, 0.5) is 4.79 Å². The van der Waals surface area contributed by atoms with E-state index >= 15 is 0 Å². The van der Waals surface area contributed by atoms with Crippen LogP contribution in [-0.4, -0.2) is 36.0 Å². The number of hydrogen-bond acceptors (Lipinski definition) is 3. The average molecular weight is 267 g/mol. The SMILES string of the molecule is CCN(CC)C(=O)N[C@H](C)C(=O)NCc1ccco1. The van der Waals surface area contributed by atoms with Gasteiger partial charge >= 0.3 is 6.03 Å². The molecule has 0 aliphatic rings. The van der Waals surface area contributed by atoms with Crippen molar-refractivity contribution >= 4 is 11.9 Å². The van der Waals surface area contributed by atoms with Crippen LogP contribution in [0.5, 0.6) is 0 Å². The zero-order valence-electron chi connectivity index (χ0n) is 11.6. The van der Waals surface area contributed by atoms with E-state index < -0.39 is 6.04 Å². The maximum absolute atomic E-state index is 11.8. The molecule has 0 saturated carbocycles. The van der Waals surface area contributed by atoms with Crippen LogP contribution in [0.2, 0.25) is 0 Å². The number of nitrogens with one attached hydrogen (secondary N) is 2. The van der Waals surface area contributed by atoms with E-state index in [0.29, 0.717) is 25.4 Å². The smallest absolute Gasteiger partial charge is 0.318 e. The number of amides is 3. The standard InChI is InChI=1S/C13H21N3O3/c1-4-16(5-2)13(18)15-10(3)12(17)14-9-11-7-6-8-19-11/h6-8,10H,4-5,9H2,1-3H3,(H,14,17)(H,15,18)/t10-/m1/s1. The van der Waals surface area contributed by atoms with Gasteiger partial charge in [0, 0.05) is 13.1 Å². The third-order valence-corrected chi connectivity index (χ3v) is 2.80. The van der Waals surface area contributed by atoms with Gasteiger partial charge in [-0.2, -0.15) is 0 Å². The van der Waals surface area contributed by atoms with Crippen molar-refractivity contribution in [3.8, 4) is 0 Å². The summed E-state index contributed by atoms with van der Waals surface area (Å²) in [5.74, 6) is 0.438. The Labute approximate surface area is 113 Å². The van der Waals surface area contributed by atoms with Gasteiger partial charge in [0.15, 0.2) is 0 Å². The molecule has 0 bridgehead atoms. The number of nitrogens with zero attached hydrogens (tertiary/aromatic N) is 1. The first-order chi connectivity index (χ1) is 9.08. The molecule has 3 amide bonds. The summed E-state index contributed by atoms with van der Waals surface area (Å²) in [5, 5.41) is 5.36. The van der Waals surface area contributed by atoms with E-state index in [1.807, 2.05) is 13.8 Å². The van der Waals surface area contributed by atoms with Crippen LogP contribution >= 0.6 is 0 Å². The van der Waals surface area contributed by atoms with Crippen molar-refractivity contribution in [3.63, 3.8) is 0 Å². The van der Waals surface area contributed by atoms with Crippen molar-refractivity contribution in [2.75, 3.05) is 13.1 Å². The van der Waals surface area contributed by atoms with Gasteiger partial charge in [-0.05, 0) is 32.9 Å². The van der Waals surface area contributed by atoms with Crippen LogP contribution in [-0.2, 0) is 11.3 Å². The predicted octanol–water partition coefficient (Wildman–Crippen LogP) is 1.34. The van der Waals surface area contributed by atoms with Gasteiger partial charge in [0.2, 0.25) is 5.91 Å². The molecule has 0 aliphatic carbocycles. The first-order valence-corrected chi connectivity index (χ1v) is 6.44. The summed E-state index contributed by atoms with van der Waals surface area (Å²) in [7, 11) is 0. The van der Waals surface area contributed by atoms with E-state index in [1.165, 1.54) is 0 Å². The minimum Gasteiger partial charge on any atom is -0.467 e. The number of rotatable bonds is 6. The van der Waals surface area contributed by atoms with E-state index in [-0.39, 0.29) is 11.9 Å². The van der Waals surface area contributed by atoms with E-state index in [4.69, 9.17) is 4.42 Å². The summed E-state index contributed by atoms with van der Waals surface area (Å²) in [6.07, 6.45) is 1.55. The Morgan fingerprint density at radius 3 is 2.58 bits per heavy atom. The third kappa shape index (κ3) is 4.65. The predicted molar refractivity (Wildman–Crippen MR) is 71.5 cm³/mol. The van der Waals surface area contributed by atoms with Crippen LogP contribution in [0, 0.1) is 0 Å². The van der Waals surface area contributed by atoms with Gasteiger partial charge in [-0.25, -0.2) is 4.79 Å². The van der Waals surface area contributed by atoms with Crippen LogP contribution < -0.4 is 10.6 Å². The first kappa shape index (κ1) is 15.1. The van der Waals surface area contributed by atoms with E-state index in [9.17, 15) is 9.59 Å². The zero-order chi connectivity index (χ0) is 14.3. The number of urea groups is 1. The van der Waals surface area contributed by atoms with Crippen molar-refractivity contribution < 1.29 is 14.0 Å². The van der Waals surface area contributed by atoms with Crippen molar-refractivity contribution in [1.29, 1.82) is 0 Å². The molecular weight excluding hydrogens is 246 g/mol. The highest BCUT2D eigenvalue weighted by molar-refractivity contribution is 5.86. The molecule has 0 aliphatic heterocycles. The second-order valence-corrected chi connectivity index (χ2v) is 4.14. The fourth-order valence-corrected chi connectivity index (χ4v) is 1.59. The molecule has 1 aromatic heterocycles. The van der Waals surface area contributed by atoms with Gasteiger partial charge in [-0.3, -0.25) is 4.79 Å². The molecule has 1 rings (SSSR count). The molecule has 106 valence electrons. The zero-order valence-corrected chi connectivity index (χ0v) is 11.6. The molecule has 0 saturated heterocycles. The van der Waals surface area contributed by atoms with Crippen molar-refractivity contribution in [1.82, 2.24) is 15.5 Å². The molecule has 0 fully saturated rings. The normalized spacial score (nSPS) is 11.7. The monoisotopic (exact) mass is 267 g/mol. The summed E-state index contributed by atoms with van der Waals surface area (Å²) in [6.45, 7) is 6.98. The highest BCUT2D eigenvalue weighted by atomic mass is 16.3. The lowest BCUT2D eigenvalue weighted by Gasteiger charge is -2.22. The van der Waals surface area contributed by atoms with E-state index in [0.717, 1.165) is 0 Å². The highest BCUT2D eigenvalue weighted by Crippen LogP contribution is 1.99. The summed E-state index contributed by atoms with van der Waals surface area (Å²) >= 11 is 0. The molecule has 6 nitrogen and oxygen atoms in total. The maximum Gasteiger partial charge on any atom is 0.318 e. The fourth-order valence-electron chi connectivity index (χ4n) is 1.59. The van der Waals surface area contributed by atoms with Crippen molar-refractivity contribution in [2.24, 2.45) is 0 Å². The Morgan fingerprint density at radius 2 is 2.05 bits per heavy atom. The topological polar surface area (TPSA) is 74.6 Å². The number of hydrogen-bond donors (Lipinski definition) is 2. The lowest BCUT2D eigenvalue weighted by Crippen LogP contribution is -2.49. The molecule has 0 radical (unpaired) electrons. The van der Waals surface area contributed by atoms with Crippen molar-refractivity contribution in [2.45, 2.75) is 33.4 Å².